The average Bonchev–Trinajstić information content (AvgIpc) is 2.90. The molecule has 2 amide bonds. The van der Waals surface area contributed by atoms with Gasteiger partial charge in [-0.15, -0.1) is 0 Å². The van der Waals surface area contributed by atoms with Crippen LogP contribution < -0.4 is 9.80 Å². The second kappa shape index (κ2) is 8.88. The third-order valence-electron chi connectivity index (χ3n) is 6.26. The first-order valence-corrected chi connectivity index (χ1v) is 11.6. The molecule has 0 radical (unpaired) electrons. The fraction of sp³-hybridized carbons (Fsp3) is 0.481. The van der Waals surface area contributed by atoms with Crippen molar-refractivity contribution in [3.05, 3.63) is 58.7 Å². The Labute approximate surface area is 195 Å². The molecule has 4 nitrogen and oxygen atoms in total. The molecule has 0 N–H and O–H groups in total. The number of para-hydroxylation sites is 2. The van der Waals surface area contributed by atoms with Crippen LogP contribution in [0.3, 0.4) is 0 Å². The average molecular weight is 457 g/mol. The zero-order valence-electron chi connectivity index (χ0n) is 20.7. The van der Waals surface area contributed by atoms with E-state index in [1.54, 1.807) is 24.3 Å². The number of carbonyl (C=O) groups is 2. The molecule has 0 aromatic heterocycles. The van der Waals surface area contributed by atoms with Crippen LogP contribution in [0, 0.1) is 0 Å². The molecule has 3 rings (SSSR count). The van der Waals surface area contributed by atoms with Gasteiger partial charge < -0.3 is 0 Å². The summed E-state index contributed by atoms with van der Waals surface area (Å²) in [6.07, 6.45) is -3.85. The van der Waals surface area contributed by atoms with Crippen LogP contribution in [0.5, 0.6) is 0 Å². The molecular weight excluding hydrogens is 422 g/mol. The van der Waals surface area contributed by atoms with Crippen LogP contribution in [-0.4, -0.2) is 18.0 Å². The summed E-state index contributed by atoms with van der Waals surface area (Å²) < 4.78 is 32.7. The van der Waals surface area contributed by atoms with Gasteiger partial charge in [0.2, 0.25) is 0 Å². The van der Waals surface area contributed by atoms with Crippen molar-refractivity contribution < 1.29 is 18.4 Å². The number of anilines is 2. The number of halogens is 2. The second-order valence-electron chi connectivity index (χ2n) is 9.98. The van der Waals surface area contributed by atoms with Crippen LogP contribution in [0.1, 0.15) is 101 Å². The topological polar surface area (TPSA) is 40.6 Å². The first kappa shape index (κ1) is 24.9. The summed E-state index contributed by atoms with van der Waals surface area (Å²) in [6, 6.07) is 10.6. The van der Waals surface area contributed by atoms with E-state index in [-0.39, 0.29) is 35.0 Å². The normalized spacial score (nSPS) is 16.3. The van der Waals surface area contributed by atoms with Gasteiger partial charge in [-0.1, -0.05) is 91.8 Å². The van der Waals surface area contributed by atoms with E-state index in [1.807, 2.05) is 67.5 Å². The molecular formula is C27H34F2N2O2. The SMILES string of the molecule is CC(C)c1cccc(C(C)C)c1N1C(=O)C(=O)N(c2c(C(C)C)cccc2C(C)C)C1(F)F. The van der Waals surface area contributed by atoms with Gasteiger partial charge in [-0.05, 0) is 45.9 Å². The number of benzene rings is 2. The standard InChI is InChI=1S/C27H34F2N2O2/c1-15(2)19-11-9-12-20(16(3)4)23(19)30-25(32)26(33)31(27(30,28)29)24-21(17(5)6)13-10-14-22(24)18(7)8/h9-18H,1-8H3. The summed E-state index contributed by atoms with van der Waals surface area (Å²) in [5, 5.41) is 0. The van der Waals surface area contributed by atoms with E-state index < -0.39 is 18.0 Å². The highest BCUT2D eigenvalue weighted by Gasteiger charge is 2.62. The van der Waals surface area contributed by atoms with E-state index in [2.05, 4.69) is 0 Å². The lowest BCUT2D eigenvalue weighted by Gasteiger charge is -2.34. The molecule has 33 heavy (non-hydrogen) atoms. The van der Waals surface area contributed by atoms with Gasteiger partial charge in [0.25, 0.3) is 0 Å². The quantitative estimate of drug-likeness (QED) is 0.343. The van der Waals surface area contributed by atoms with Crippen LogP contribution in [-0.2, 0) is 9.59 Å². The van der Waals surface area contributed by atoms with Crippen molar-refractivity contribution in [2.75, 3.05) is 9.80 Å². The number of hydrogen-bond acceptors (Lipinski definition) is 2. The third kappa shape index (κ3) is 4.04. The van der Waals surface area contributed by atoms with Crippen molar-refractivity contribution in [3.63, 3.8) is 0 Å². The molecule has 0 bridgehead atoms. The Balaban J connectivity index is 2.34. The van der Waals surface area contributed by atoms with Crippen molar-refractivity contribution in [2.24, 2.45) is 0 Å². The predicted molar refractivity (Wildman–Crippen MR) is 129 cm³/mol. The first-order chi connectivity index (χ1) is 15.3. The van der Waals surface area contributed by atoms with E-state index >= 15 is 8.78 Å². The highest BCUT2D eigenvalue weighted by atomic mass is 19.3. The molecule has 0 unspecified atom stereocenters. The van der Waals surface area contributed by atoms with E-state index in [1.165, 1.54) is 0 Å². The van der Waals surface area contributed by atoms with Crippen LogP contribution in [0.25, 0.3) is 0 Å². The van der Waals surface area contributed by atoms with E-state index in [0.717, 1.165) is 0 Å². The summed E-state index contributed by atoms with van der Waals surface area (Å²) in [5.74, 6) is -2.85. The highest BCUT2D eigenvalue weighted by molar-refractivity contribution is 6.48. The van der Waals surface area contributed by atoms with Crippen molar-refractivity contribution >= 4 is 23.2 Å². The maximum Gasteiger partial charge on any atom is 0.427 e. The Morgan fingerprint density at radius 1 is 0.576 bits per heavy atom. The third-order valence-corrected chi connectivity index (χ3v) is 6.26. The summed E-state index contributed by atoms with van der Waals surface area (Å²) in [6.45, 7) is 15.2. The molecule has 2 aromatic rings. The fourth-order valence-corrected chi connectivity index (χ4v) is 4.55. The Bertz CT molecular complexity index is 938. The number of hydrogen-bond donors (Lipinski definition) is 0. The van der Waals surface area contributed by atoms with Gasteiger partial charge in [0.05, 0.1) is 11.4 Å². The molecule has 1 heterocycles. The molecule has 1 aliphatic rings. The smallest absolute Gasteiger partial charge is 0.263 e. The Morgan fingerprint density at radius 2 is 0.818 bits per heavy atom. The minimum Gasteiger partial charge on any atom is -0.263 e. The summed E-state index contributed by atoms with van der Waals surface area (Å²) in [5.41, 5.74) is 2.74. The molecule has 0 saturated carbocycles. The van der Waals surface area contributed by atoms with Crippen LogP contribution >= 0.6 is 0 Å². The summed E-state index contributed by atoms with van der Waals surface area (Å²) in [4.78, 5) is 27.4. The van der Waals surface area contributed by atoms with Crippen LogP contribution in [0.2, 0.25) is 0 Å². The van der Waals surface area contributed by atoms with E-state index in [4.69, 9.17) is 0 Å². The molecule has 0 aliphatic carbocycles. The summed E-state index contributed by atoms with van der Waals surface area (Å²) >= 11 is 0. The summed E-state index contributed by atoms with van der Waals surface area (Å²) in [7, 11) is 0. The van der Waals surface area contributed by atoms with Gasteiger partial charge in [-0.3, -0.25) is 9.59 Å². The molecule has 6 heteroatoms. The molecule has 0 spiro atoms. The molecule has 2 aromatic carbocycles. The largest absolute Gasteiger partial charge is 0.427 e. The number of alkyl halides is 2. The maximum atomic E-state index is 16.3. The zero-order valence-corrected chi connectivity index (χ0v) is 20.7. The lowest BCUT2D eigenvalue weighted by atomic mass is 9.91. The monoisotopic (exact) mass is 456 g/mol. The van der Waals surface area contributed by atoms with Gasteiger partial charge in [0, 0.05) is 0 Å². The van der Waals surface area contributed by atoms with Crippen molar-refractivity contribution in [1.82, 2.24) is 0 Å². The molecule has 1 saturated heterocycles. The molecule has 0 atom stereocenters. The van der Waals surface area contributed by atoms with E-state index in [9.17, 15) is 9.59 Å². The minimum atomic E-state index is -3.85. The lowest BCUT2D eigenvalue weighted by Crippen LogP contribution is -2.49. The Morgan fingerprint density at radius 3 is 1.03 bits per heavy atom. The molecule has 1 aliphatic heterocycles. The van der Waals surface area contributed by atoms with Crippen molar-refractivity contribution in [2.45, 2.75) is 85.2 Å². The van der Waals surface area contributed by atoms with Gasteiger partial charge in [-0.2, -0.15) is 8.78 Å². The fourth-order valence-electron chi connectivity index (χ4n) is 4.55. The van der Waals surface area contributed by atoms with Gasteiger partial charge >= 0.3 is 18.0 Å². The number of rotatable bonds is 6. The number of amides is 2. The highest BCUT2D eigenvalue weighted by Crippen LogP contribution is 2.48. The number of nitrogens with zero attached hydrogens (tertiary/aromatic N) is 2. The molecule has 178 valence electrons. The molecule has 1 fully saturated rings. The lowest BCUT2D eigenvalue weighted by molar-refractivity contribution is -0.133. The van der Waals surface area contributed by atoms with Crippen molar-refractivity contribution in [3.8, 4) is 0 Å². The Kier molecular flexibility index (Phi) is 6.69. The van der Waals surface area contributed by atoms with Crippen molar-refractivity contribution in [1.29, 1.82) is 0 Å². The van der Waals surface area contributed by atoms with Gasteiger partial charge in [-0.25, -0.2) is 9.80 Å². The van der Waals surface area contributed by atoms with Crippen LogP contribution in [0.4, 0.5) is 20.2 Å². The first-order valence-electron chi connectivity index (χ1n) is 11.6. The van der Waals surface area contributed by atoms with Gasteiger partial charge in [0.1, 0.15) is 0 Å². The van der Waals surface area contributed by atoms with Gasteiger partial charge in [0.15, 0.2) is 0 Å². The zero-order chi connectivity index (χ0) is 24.8. The minimum absolute atomic E-state index is 0.111. The van der Waals surface area contributed by atoms with Crippen LogP contribution in [0.15, 0.2) is 36.4 Å². The predicted octanol–water partition coefficient (Wildman–Crippen LogP) is 7.11. The second-order valence-corrected chi connectivity index (χ2v) is 9.98. The van der Waals surface area contributed by atoms with E-state index in [0.29, 0.717) is 32.1 Å². The number of carbonyl (C=O) groups excluding carboxylic acids is 2. The maximum absolute atomic E-state index is 16.3. The Hall–Kier alpha value is -2.76.